The van der Waals surface area contributed by atoms with E-state index in [1.165, 1.54) is 12.5 Å². The summed E-state index contributed by atoms with van der Waals surface area (Å²) in [6.45, 7) is 4.13. The number of aromatic nitrogens is 2. The zero-order valence-electron chi connectivity index (χ0n) is 13.9. The maximum absolute atomic E-state index is 12.4. The molecule has 1 fully saturated rings. The summed E-state index contributed by atoms with van der Waals surface area (Å²) in [5.41, 5.74) is 2.15. The lowest BCUT2D eigenvalue weighted by Crippen LogP contribution is -2.39. The Bertz CT molecular complexity index is 722. The fourth-order valence-corrected chi connectivity index (χ4v) is 2.71. The Morgan fingerprint density at radius 3 is 2.62 bits per heavy atom. The van der Waals surface area contributed by atoms with E-state index in [1.807, 2.05) is 14.0 Å². The molecule has 3 heterocycles. The summed E-state index contributed by atoms with van der Waals surface area (Å²) in [6.07, 6.45) is 5.31. The Balaban J connectivity index is 1.60. The third-order valence-corrected chi connectivity index (χ3v) is 4.32. The van der Waals surface area contributed by atoms with Gasteiger partial charge in [-0.1, -0.05) is 0 Å². The molecule has 0 aliphatic carbocycles. The van der Waals surface area contributed by atoms with E-state index in [-0.39, 0.29) is 11.9 Å². The number of nitrogens with zero attached hydrogens (tertiary/aromatic N) is 4. The van der Waals surface area contributed by atoms with Crippen LogP contribution in [0.25, 0.3) is 0 Å². The molecular formula is C16H21N5O3. The first-order chi connectivity index (χ1) is 11.6. The van der Waals surface area contributed by atoms with E-state index in [0.29, 0.717) is 37.4 Å². The van der Waals surface area contributed by atoms with E-state index in [9.17, 15) is 9.59 Å². The number of furan rings is 1. The van der Waals surface area contributed by atoms with Crippen molar-refractivity contribution in [3.05, 3.63) is 36.0 Å². The van der Waals surface area contributed by atoms with Crippen LogP contribution in [0, 0.1) is 6.92 Å². The number of rotatable bonds is 2. The number of hydrogen-bond acceptors (Lipinski definition) is 4. The average molecular weight is 331 g/mol. The predicted molar refractivity (Wildman–Crippen MR) is 87.8 cm³/mol. The van der Waals surface area contributed by atoms with Crippen LogP contribution in [-0.2, 0) is 7.05 Å². The molecule has 2 aromatic heterocycles. The highest BCUT2D eigenvalue weighted by atomic mass is 16.3. The van der Waals surface area contributed by atoms with Gasteiger partial charge in [0.15, 0.2) is 0 Å². The number of amides is 3. The zero-order valence-corrected chi connectivity index (χ0v) is 13.9. The third-order valence-electron chi connectivity index (χ3n) is 4.32. The van der Waals surface area contributed by atoms with Crippen LogP contribution >= 0.6 is 0 Å². The molecule has 0 radical (unpaired) electrons. The van der Waals surface area contributed by atoms with Gasteiger partial charge < -0.3 is 19.5 Å². The summed E-state index contributed by atoms with van der Waals surface area (Å²) >= 11 is 0. The molecule has 0 aromatic carbocycles. The van der Waals surface area contributed by atoms with Gasteiger partial charge in [-0.2, -0.15) is 5.10 Å². The van der Waals surface area contributed by atoms with Crippen molar-refractivity contribution >= 4 is 17.6 Å². The smallest absolute Gasteiger partial charge is 0.322 e. The summed E-state index contributed by atoms with van der Waals surface area (Å²) in [7, 11) is 1.83. The highest BCUT2D eigenvalue weighted by Crippen LogP contribution is 2.14. The molecule has 3 rings (SSSR count). The zero-order chi connectivity index (χ0) is 17.1. The van der Waals surface area contributed by atoms with Crippen LogP contribution in [0.2, 0.25) is 0 Å². The molecule has 1 saturated heterocycles. The van der Waals surface area contributed by atoms with Crippen molar-refractivity contribution in [2.75, 3.05) is 31.5 Å². The predicted octanol–water partition coefficient (Wildman–Crippen LogP) is 1.70. The van der Waals surface area contributed by atoms with Gasteiger partial charge in [0.25, 0.3) is 5.91 Å². The Morgan fingerprint density at radius 1 is 1.21 bits per heavy atom. The van der Waals surface area contributed by atoms with E-state index in [1.54, 1.807) is 26.7 Å². The average Bonchev–Trinajstić information content (AvgIpc) is 3.13. The number of carbonyl (C=O) groups is 2. The second-order valence-electron chi connectivity index (χ2n) is 5.84. The largest absolute Gasteiger partial charge is 0.472 e. The number of hydrogen-bond donors (Lipinski definition) is 1. The lowest BCUT2D eigenvalue weighted by Gasteiger charge is -2.22. The number of carbonyl (C=O) groups excluding carboxylic acids is 2. The van der Waals surface area contributed by atoms with Crippen molar-refractivity contribution in [2.24, 2.45) is 7.05 Å². The van der Waals surface area contributed by atoms with Gasteiger partial charge in [-0.05, 0) is 19.4 Å². The van der Waals surface area contributed by atoms with Gasteiger partial charge in [0, 0.05) is 33.2 Å². The molecule has 8 nitrogen and oxygen atoms in total. The molecule has 24 heavy (non-hydrogen) atoms. The van der Waals surface area contributed by atoms with Crippen LogP contribution in [0.4, 0.5) is 10.5 Å². The molecule has 3 amide bonds. The topological polar surface area (TPSA) is 83.6 Å². The van der Waals surface area contributed by atoms with Crippen molar-refractivity contribution in [3.63, 3.8) is 0 Å². The van der Waals surface area contributed by atoms with Crippen molar-refractivity contribution in [1.29, 1.82) is 0 Å². The molecule has 1 N–H and O–H groups in total. The monoisotopic (exact) mass is 331 g/mol. The van der Waals surface area contributed by atoms with E-state index < -0.39 is 0 Å². The molecule has 0 bridgehead atoms. The molecule has 0 unspecified atom stereocenters. The first kappa shape index (κ1) is 16.1. The van der Waals surface area contributed by atoms with Crippen LogP contribution < -0.4 is 5.32 Å². The fraction of sp³-hybridized carbons (Fsp3) is 0.438. The quantitative estimate of drug-likeness (QED) is 0.908. The molecule has 0 atom stereocenters. The minimum absolute atomic E-state index is 0.0610. The SMILES string of the molecule is Cc1c(NC(=O)N2CCCN(C(=O)c3ccoc3)CC2)cnn1C. The van der Waals surface area contributed by atoms with Crippen LogP contribution in [0.1, 0.15) is 22.5 Å². The first-order valence-electron chi connectivity index (χ1n) is 7.92. The Hall–Kier alpha value is -2.77. The summed E-state index contributed by atoms with van der Waals surface area (Å²) < 4.78 is 6.68. The lowest BCUT2D eigenvalue weighted by atomic mass is 10.3. The summed E-state index contributed by atoms with van der Waals surface area (Å²) in [6, 6.07) is 1.49. The molecule has 2 aromatic rings. The van der Waals surface area contributed by atoms with Gasteiger partial charge in [-0.25, -0.2) is 4.79 Å². The molecule has 0 saturated carbocycles. The minimum atomic E-state index is -0.163. The number of urea groups is 1. The number of nitrogens with one attached hydrogen (secondary N) is 1. The Kier molecular flexibility index (Phi) is 4.54. The van der Waals surface area contributed by atoms with Gasteiger partial charge in [-0.3, -0.25) is 9.48 Å². The standard InChI is InChI=1S/C16H21N5O3/c1-12-14(10-17-19(12)2)18-16(23)21-6-3-5-20(7-8-21)15(22)13-4-9-24-11-13/h4,9-11H,3,5-8H2,1-2H3,(H,18,23). The molecule has 0 spiro atoms. The molecule has 1 aliphatic heterocycles. The van der Waals surface area contributed by atoms with Gasteiger partial charge in [0.1, 0.15) is 6.26 Å². The van der Waals surface area contributed by atoms with Crippen LogP contribution in [0.15, 0.2) is 29.2 Å². The van der Waals surface area contributed by atoms with Gasteiger partial charge in [0.05, 0.1) is 29.4 Å². The molecule has 8 heteroatoms. The molecule has 128 valence electrons. The normalized spacial score (nSPS) is 15.2. The third kappa shape index (κ3) is 3.27. The van der Waals surface area contributed by atoms with Crippen molar-refractivity contribution < 1.29 is 14.0 Å². The van der Waals surface area contributed by atoms with Gasteiger partial charge >= 0.3 is 6.03 Å². The summed E-state index contributed by atoms with van der Waals surface area (Å²) in [5.74, 6) is -0.0610. The molecule has 1 aliphatic rings. The van der Waals surface area contributed by atoms with Crippen LogP contribution in [0.5, 0.6) is 0 Å². The van der Waals surface area contributed by atoms with E-state index >= 15 is 0 Å². The van der Waals surface area contributed by atoms with Crippen LogP contribution in [-0.4, -0.2) is 57.7 Å². The van der Waals surface area contributed by atoms with Crippen LogP contribution in [0.3, 0.4) is 0 Å². The fourth-order valence-electron chi connectivity index (χ4n) is 2.71. The number of anilines is 1. The lowest BCUT2D eigenvalue weighted by molar-refractivity contribution is 0.0762. The first-order valence-corrected chi connectivity index (χ1v) is 7.92. The number of aryl methyl sites for hydroxylation is 1. The van der Waals surface area contributed by atoms with Crippen molar-refractivity contribution in [2.45, 2.75) is 13.3 Å². The van der Waals surface area contributed by atoms with Crippen molar-refractivity contribution in [1.82, 2.24) is 19.6 Å². The summed E-state index contributed by atoms with van der Waals surface area (Å²) in [4.78, 5) is 28.3. The highest BCUT2D eigenvalue weighted by molar-refractivity contribution is 5.94. The van der Waals surface area contributed by atoms with E-state index in [2.05, 4.69) is 10.4 Å². The van der Waals surface area contributed by atoms with Gasteiger partial charge in [0.2, 0.25) is 0 Å². The minimum Gasteiger partial charge on any atom is -0.472 e. The Morgan fingerprint density at radius 2 is 1.96 bits per heavy atom. The highest BCUT2D eigenvalue weighted by Gasteiger charge is 2.23. The van der Waals surface area contributed by atoms with E-state index in [4.69, 9.17) is 4.42 Å². The van der Waals surface area contributed by atoms with E-state index in [0.717, 1.165) is 12.1 Å². The molecular weight excluding hydrogens is 310 g/mol. The second kappa shape index (κ2) is 6.77. The maximum Gasteiger partial charge on any atom is 0.322 e. The second-order valence-corrected chi connectivity index (χ2v) is 5.84. The van der Waals surface area contributed by atoms with Gasteiger partial charge in [-0.15, -0.1) is 0 Å². The summed E-state index contributed by atoms with van der Waals surface area (Å²) in [5, 5.41) is 7.00. The maximum atomic E-state index is 12.4. The van der Waals surface area contributed by atoms with Crippen molar-refractivity contribution in [3.8, 4) is 0 Å². The Labute approximate surface area is 140 Å².